The number of aryl methyl sites for hydroxylation is 1. The SMILES string of the molecule is Cn1ncc(C2CCCCCC2)c1C1CCNCC1. The average molecular weight is 261 g/mol. The first-order valence-electron chi connectivity index (χ1n) is 8.09. The first-order chi connectivity index (χ1) is 9.36. The average Bonchev–Trinajstić information content (AvgIpc) is 2.67. The summed E-state index contributed by atoms with van der Waals surface area (Å²) in [6, 6.07) is 0. The van der Waals surface area contributed by atoms with E-state index in [1.807, 2.05) is 0 Å². The van der Waals surface area contributed by atoms with Gasteiger partial charge in [0.25, 0.3) is 0 Å². The summed E-state index contributed by atoms with van der Waals surface area (Å²) in [6.07, 6.45) is 13.2. The van der Waals surface area contributed by atoms with Crippen molar-refractivity contribution in [3.63, 3.8) is 0 Å². The van der Waals surface area contributed by atoms with Crippen LogP contribution in [0.3, 0.4) is 0 Å². The standard InChI is InChI=1S/C16H27N3/c1-19-16(14-8-10-17-11-9-14)15(12-18-19)13-6-4-2-3-5-7-13/h12-14,17H,2-11H2,1H3. The number of hydrogen-bond donors (Lipinski definition) is 1. The van der Waals surface area contributed by atoms with Gasteiger partial charge in [0.15, 0.2) is 0 Å². The highest BCUT2D eigenvalue weighted by Gasteiger charge is 2.26. The molecule has 3 heteroatoms. The number of piperidine rings is 1. The van der Waals surface area contributed by atoms with E-state index in [0.717, 1.165) is 11.8 Å². The Morgan fingerprint density at radius 3 is 2.37 bits per heavy atom. The molecule has 0 radical (unpaired) electrons. The van der Waals surface area contributed by atoms with Gasteiger partial charge in [-0.05, 0) is 50.3 Å². The minimum absolute atomic E-state index is 0.729. The van der Waals surface area contributed by atoms with Gasteiger partial charge in [-0.25, -0.2) is 0 Å². The molecule has 0 amide bonds. The van der Waals surface area contributed by atoms with Crippen molar-refractivity contribution in [2.45, 2.75) is 63.2 Å². The predicted molar refractivity (Wildman–Crippen MR) is 78.5 cm³/mol. The van der Waals surface area contributed by atoms with Gasteiger partial charge < -0.3 is 5.32 Å². The first-order valence-corrected chi connectivity index (χ1v) is 8.09. The van der Waals surface area contributed by atoms with Crippen molar-refractivity contribution in [3.05, 3.63) is 17.5 Å². The van der Waals surface area contributed by atoms with Crippen LogP contribution in [0.25, 0.3) is 0 Å². The summed E-state index contributed by atoms with van der Waals surface area (Å²) in [4.78, 5) is 0. The summed E-state index contributed by atoms with van der Waals surface area (Å²) in [5.74, 6) is 1.51. The molecule has 2 aliphatic rings. The molecule has 3 rings (SSSR count). The molecule has 1 aromatic rings. The highest BCUT2D eigenvalue weighted by atomic mass is 15.3. The van der Waals surface area contributed by atoms with Crippen molar-refractivity contribution in [2.75, 3.05) is 13.1 Å². The monoisotopic (exact) mass is 261 g/mol. The van der Waals surface area contributed by atoms with Gasteiger partial charge in [-0.2, -0.15) is 5.10 Å². The molecule has 106 valence electrons. The van der Waals surface area contributed by atoms with Crippen LogP contribution in [0.4, 0.5) is 0 Å². The molecule has 2 fully saturated rings. The Kier molecular flexibility index (Phi) is 4.21. The van der Waals surface area contributed by atoms with E-state index < -0.39 is 0 Å². The zero-order chi connectivity index (χ0) is 13.1. The molecule has 1 aromatic heterocycles. The van der Waals surface area contributed by atoms with Gasteiger partial charge in [0.2, 0.25) is 0 Å². The zero-order valence-corrected chi connectivity index (χ0v) is 12.2. The zero-order valence-electron chi connectivity index (χ0n) is 12.2. The third kappa shape index (κ3) is 2.86. The molecule has 0 spiro atoms. The lowest BCUT2D eigenvalue weighted by Crippen LogP contribution is -2.28. The van der Waals surface area contributed by atoms with E-state index >= 15 is 0 Å². The highest BCUT2D eigenvalue weighted by Crippen LogP contribution is 2.37. The van der Waals surface area contributed by atoms with Gasteiger partial charge in [0.1, 0.15) is 0 Å². The number of aromatic nitrogens is 2. The Balaban J connectivity index is 1.84. The van der Waals surface area contributed by atoms with Gasteiger partial charge in [0.05, 0.1) is 6.20 Å². The molecule has 1 N–H and O–H groups in total. The van der Waals surface area contributed by atoms with Crippen molar-refractivity contribution in [2.24, 2.45) is 7.05 Å². The molecule has 2 heterocycles. The second-order valence-electron chi connectivity index (χ2n) is 6.32. The molecule has 0 unspecified atom stereocenters. The van der Waals surface area contributed by atoms with Crippen molar-refractivity contribution in [1.29, 1.82) is 0 Å². The maximum Gasteiger partial charge on any atom is 0.0527 e. The van der Waals surface area contributed by atoms with Gasteiger partial charge >= 0.3 is 0 Å². The number of nitrogens with zero attached hydrogens (tertiary/aromatic N) is 2. The Hall–Kier alpha value is -0.830. The first kappa shape index (κ1) is 13.2. The van der Waals surface area contributed by atoms with E-state index in [0.29, 0.717) is 0 Å². The van der Waals surface area contributed by atoms with Crippen LogP contribution in [0.5, 0.6) is 0 Å². The van der Waals surface area contributed by atoms with Crippen LogP contribution < -0.4 is 5.32 Å². The topological polar surface area (TPSA) is 29.9 Å². The Morgan fingerprint density at radius 1 is 1.00 bits per heavy atom. The summed E-state index contributed by atoms with van der Waals surface area (Å²) in [6.45, 7) is 2.33. The van der Waals surface area contributed by atoms with Crippen molar-refractivity contribution < 1.29 is 0 Å². The fourth-order valence-corrected chi connectivity index (χ4v) is 3.96. The van der Waals surface area contributed by atoms with Gasteiger partial charge in [-0.3, -0.25) is 4.68 Å². The number of hydrogen-bond acceptors (Lipinski definition) is 2. The molecule has 0 bridgehead atoms. The lowest BCUT2D eigenvalue weighted by Gasteiger charge is -2.26. The van der Waals surface area contributed by atoms with Crippen LogP contribution in [-0.4, -0.2) is 22.9 Å². The number of rotatable bonds is 2. The van der Waals surface area contributed by atoms with Crippen LogP contribution in [-0.2, 0) is 7.05 Å². The van der Waals surface area contributed by atoms with Crippen LogP contribution in [0.1, 0.15) is 74.5 Å². The summed E-state index contributed by atoms with van der Waals surface area (Å²) in [7, 11) is 2.14. The normalized spacial score (nSPS) is 23.4. The van der Waals surface area contributed by atoms with Crippen molar-refractivity contribution in [3.8, 4) is 0 Å². The third-order valence-electron chi connectivity index (χ3n) is 5.04. The van der Waals surface area contributed by atoms with E-state index in [9.17, 15) is 0 Å². The Labute approximate surface area is 116 Å². The molecular weight excluding hydrogens is 234 g/mol. The predicted octanol–water partition coefficient (Wildman–Crippen LogP) is 3.32. The fraction of sp³-hybridized carbons (Fsp3) is 0.812. The summed E-state index contributed by atoms with van der Waals surface area (Å²) in [5, 5.41) is 8.07. The molecule has 19 heavy (non-hydrogen) atoms. The lowest BCUT2D eigenvalue weighted by molar-refractivity contribution is 0.433. The molecule has 1 aliphatic carbocycles. The molecular formula is C16H27N3. The highest BCUT2D eigenvalue weighted by molar-refractivity contribution is 5.26. The third-order valence-corrected chi connectivity index (χ3v) is 5.04. The Morgan fingerprint density at radius 2 is 1.68 bits per heavy atom. The smallest absolute Gasteiger partial charge is 0.0527 e. The quantitative estimate of drug-likeness (QED) is 0.828. The molecule has 0 atom stereocenters. The maximum atomic E-state index is 4.59. The van der Waals surface area contributed by atoms with E-state index in [-0.39, 0.29) is 0 Å². The van der Waals surface area contributed by atoms with Crippen LogP contribution >= 0.6 is 0 Å². The van der Waals surface area contributed by atoms with E-state index in [1.54, 1.807) is 11.3 Å². The van der Waals surface area contributed by atoms with E-state index in [2.05, 4.69) is 28.3 Å². The van der Waals surface area contributed by atoms with Crippen molar-refractivity contribution in [1.82, 2.24) is 15.1 Å². The molecule has 3 nitrogen and oxygen atoms in total. The Bertz CT molecular complexity index is 396. The summed E-state index contributed by atoms with van der Waals surface area (Å²) in [5.41, 5.74) is 3.13. The minimum atomic E-state index is 0.729. The van der Waals surface area contributed by atoms with Crippen molar-refractivity contribution >= 4 is 0 Å². The summed E-state index contributed by atoms with van der Waals surface area (Å²) < 4.78 is 2.16. The van der Waals surface area contributed by atoms with Gasteiger partial charge in [0, 0.05) is 18.7 Å². The number of nitrogens with one attached hydrogen (secondary N) is 1. The molecule has 1 aliphatic heterocycles. The molecule has 1 saturated heterocycles. The molecule has 1 saturated carbocycles. The van der Waals surface area contributed by atoms with Gasteiger partial charge in [-0.1, -0.05) is 25.7 Å². The lowest BCUT2D eigenvalue weighted by atomic mass is 9.85. The maximum absolute atomic E-state index is 4.59. The summed E-state index contributed by atoms with van der Waals surface area (Å²) >= 11 is 0. The van der Waals surface area contributed by atoms with Gasteiger partial charge in [-0.15, -0.1) is 0 Å². The van der Waals surface area contributed by atoms with Crippen LogP contribution in [0, 0.1) is 0 Å². The molecule has 0 aromatic carbocycles. The van der Waals surface area contributed by atoms with Crippen LogP contribution in [0.15, 0.2) is 6.20 Å². The minimum Gasteiger partial charge on any atom is -0.317 e. The second-order valence-corrected chi connectivity index (χ2v) is 6.32. The second kappa shape index (κ2) is 6.08. The largest absolute Gasteiger partial charge is 0.317 e. The van der Waals surface area contributed by atoms with E-state index in [4.69, 9.17) is 0 Å². The van der Waals surface area contributed by atoms with E-state index in [1.165, 1.54) is 64.5 Å². The fourth-order valence-electron chi connectivity index (χ4n) is 3.96. The van der Waals surface area contributed by atoms with Crippen LogP contribution in [0.2, 0.25) is 0 Å².